The lowest BCUT2D eigenvalue weighted by Crippen LogP contribution is -2.25. The van der Waals surface area contributed by atoms with Crippen molar-refractivity contribution in [3.63, 3.8) is 0 Å². The number of nitrogens with zero attached hydrogens (tertiary/aromatic N) is 4. The molecule has 0 aliphatic heterocycles. The summed E-state index contributed by atoms with van der Waals surface area (Å²) >= 11 is 0. The smallest absolute Gasteiger partial charge is 0.343 e. The lowest BCUT2D eigenvalue weighted by Gasteiger charge is -2.15. The first-order chi connectivity index (χ1) is 14.0. The average molecular weight is 416 g/mol. The average Bonchev–Trinajstić information content (AvgIpc) is 3.03. The van der Waals surface area contributed by atoms with E-state index in [1.165, 1.54) is 16.8 Å². The number of hydrogen-bond acceptors (Lipinski definition) is 6. The Labute approximate surface area is 172 Å². The van der Waals surface area contributed by atoms with Crippen molar-refractivity contribution in [3.8, 4) is 11.4 Å². The zero-order valence-corrected chi connectivity index (χ0v) is 17.9. The second kappa shape index (κ2) is 7.64. The number of aliphatic hydroxyl groups is 1. The third kappa shape index (κ3) is 3.72. The van der Waals surface area contributed by atoms with E-state index in [0.717, 1.165) is 10.6 Å². The van der Waals surface area contributed by atoms with E-state index in [-0.39, 0.29) is 35.3 Å². The van der Waals surface area contributed by atoms with E-state index in [1.807, 2.05) is 13.8 Å². The van der Waals surface area contributed by atoms with Crippen LogP contribution in [0.2, 0.25) is 0 Å². The molecular formula is C21H25FN4O4. The molecule has 3 rings (SSSR count). The van der Waals surface area contributed by atoms with Crippen LogP contribution in [0.5, 0.6) is 0 Å². The van der Waals surface area contributed by atoms with Gasteiger partial charge < -0.3 is 9.84 Å². The number of esters is 1. The van der Waals surface area contributed by atoms with Gasteiger partial charge in [0.1, 0.15) is 11.2 Å². The Morgan fingerprint density at radius 2 is 2.00 bits per heavy atom. The predicted octanol–water partition coefficient (Wildman–Crippen LogP) is 2.76. The van der Waals surface area contributed by atoms with Crippen molar-refractivity contribution in [2.24, 2.45) is 7.05 Å². The minimum atomic E-state index is -1.26. The Balaban J connectivity index is 2.30. The first kappa shape index (κ1) is 21.6. The molecule has 9 heteroatoms. The molecule has 0 atom stereocenters. The number of ether oxygens (including phenoxy) is 1. The van der Waals surface area contributed by atoms with Crippen LogP contribution in [0.1, 0.15) is 62.3 Å². The Morgan fingerprint density at radius 3 is 2.53 bits per heavy atom. The number of aromatic nitrogens is 4. The largest absolute Gasteiger partial charge is 0.462 e. The molecule has 0 saturated heterocycles. The maximum atomic E-state index is 15.0. The van der Waals surface area contributed by atoms with Gasteiger partial charge in [0, 0.05) is 13.2 Å². The molecule has 8 nitrogen and oxygen atoms in total. The fourth-order valence-electron chi connectivity index (χ4n) is 3.36. The molecular weight excluding hydrogens is 391 g/mol. The normalized spacial score (nSPS) is 12.0. The van der Waals surface area contributed by atoms with Gasteiger partial charge in [-0.15, -0.1) is 0 Å². The van der Waals surface area contributed by atoms with Crippen LogP contribution in [0.25, 0.3) is 16.9 Å². The van der Waals surface area contributed by atoms with Crippen LogP contribution in [-0.2, 0) is 17.4 Å². The van der Waals surface area contributed by atoms with E-state index in [4.69, 9.17) is 4.74 Å². The van der Waals surface area contributed by atoms with E-state index in [9.17, 15) is 14.7 Å². The van der Waals surface area contributed by atoms with Gasteiger partial charge in [0.25, 0.3) is 5.56 Å². The van der Waals surface area contributed by atoms with Crippen molar-refractivity contribution in [1.82, 2.24) is 19.2 Å². The maximum absolute atomic E-state index is 15.0. The molecule has 30 heavy (non-hydrogen) atoms. The number of hydrogen-bond donors (Lipinski definition) is 1. The molecule has 3 heterocycles. The summed E-state index contributed by atoms with van der Waals surface area (Å²) in [4.78, 5) is 29.3. The molecule has 0 spiro atoms. The standard InChI is InChI=1S/C21H25FN4O4/c1-7-30-19(28)14-8-12(11(2)3)16-9-13(15(22)10-26(16)18(14)27)17-23-20(21(4,5)29)25(6)24-17/h8-11,29H,7H2,1-6H3. The van der Waals surface area contributed by atoms with Gasteiger partial charge in [-0.1, -0.05) is 13.8 Å². The third-order valence-corrected chi connectivity index (χ3v) is 4.75. The first-order valence-corrected chi connectivity index (χ1v) is 9.65. The van der Waals surface area contributed by atoms with Gasteiger partial charge in [-0.2, -0.15) is 5.10 Å². The van der Waals surface area contributed by atoms with Crippen LogP contribution in [0, 0.1) is 5.82 Å². The lowest BCUT2D eigenvalue weighted by atomic mass is 9.99. The summed E-state index contributed by atoms with van der Waals surface area (Å²) in [6.07, 6.45) is 1.03. The van der Waals surface area contributed by atoms with Crippen molar-refractivity contribution in [3.05, 3.63) is 51.5 Å². The third-order valence-electron chi connectivity index (χ3n) is 4.75. The van der Waals surface area contributed by atoms with Crippen LogP contribution >= 0.6 is 0 Å². The molecule has 0 fully saturated rings. The Morgan fingerprint density at radius 1 is 1.33 bits per heavy atom. The maximum Gasteiger partial charge on any atom is 0.343 e. The number of carbonyl (C=O) groups is 1. The molecule has 0 amide bonds. The van der Waals surface area contributed by atoms with E-state index >= 15 is 4.39 Å². The summed E-state index contributed by atoms with van der Waals surface area (Å²) in [7, 11) is 1.61. The van der Waals surface area contributed by atoms with Gasteiger partial charge in [-0.25, -0.2) is 18.9 Å². The van der Waals surface area contributed by atoms with Gasteiger partial charge in [0.05, 0.1) is 17.7 Å². The topological polar surface area (TPSA) is 98.7 Å². The SMILES string of the molecule is CCOC(=O)c1cc(C(C)C)c2cc(-c3nc(C(C)(C)O)n(C)n3)c(F)cn2c1=O. The molecule has 0 saturated carbocycles. The summed E-state index contributed by atoms with van der Waals surface area (Å²) in [6.45, 7) is 8.70. The van der Waals surface area contributed by atoms with Crippen molar-refractivity contribution in [2.75, 3.05) is 6.61 Å². The van der Waals surface area contributed by atoms with E-state index in [0.29, 0.717) is 11.1 Å². The van der Waals surface area contributed by atoms with Crippen LogP contribution in [-0.4, -0.2) is 36.8 Å². The molecule has 0 radical (unpaired) electrons. The Kier molecular flexibility index (Phi) is 5.51. The summed E-state index contributed by atoms with van der Waals surface area (Å²) in [5.74, 6) is -1.17. The fourth-order valence-corrected chi connectivity index (χ4v) is 3.36. The molecule has 0 bridgehead atoms. The van der Waals surface area contributed by atoms with E-state index in [1.54, 1.807) is 27.8 Å². The molecule has 0 aliphatic carbocycles. The minimum absolute atomic E-state index is 0.0595. The lowest BCUT2D eigenvalue weighted by molar-refractivity contribution is 0.0523. The highest BCUT2D eigenvalue weighted by Crippen LogP contribution is 2.28. The second-order valence-corrected chi connectivity index (χ2v) is 7.93. The minimum Gasteiger partial charge on any atom is -0.462 e. The zero-order valence-electron chi connectivity index (χ0n) is 17.9. The molecule has 0 unspecified atom stereocenters. The van der Waals surface area contributed by atoms with Crippen LogP contribution < -0.4 is 5.56 Å². The van der Waals surface area contributed by atoms with E-state index < -0.39 is 22.9 Å². The summed E-state index contributed by atoms with van der Waals surface area (Å²) in [5, 5.41) is 14.5. The molecule has 3 aromatic rings. The number of rotatable bonds is 5. The molecule has 1 N–H and O–H groups in total. The first-order valence-electron chi connectivity index (χ1n) is 9.65. The Bertz CT molecular complexity index is 1190. The fraction of sp³-hybridized carbons (Fsp3) is 0.429. The number of pyridine rings is 2. The van der Waals surface area contributed by atoms with Crippen LogP contribution in [0.4, 0.5) is 4.39 Å². The quantitative estimate of drug-likeness (QED) is 0.642. The molecule has 3 aromatic heterocycles. The highest BCUT2D eigenvalue weighted by Gasteiger charge is 2.26. The van der Waals surface area contributed by atoms with Crippen LogP contribution in [0.15, 0.2) is 23.1 Å². The van der Waals surface area contributed by atoms with Gasteiger partial charge in [0.15, 0.2) is 17.5 Å². The molecule has 0 aliphatic rings. The number of fused-ring (bicyclic) bond motifs is 1. The highest BCUT2D eigenvalue weighted by molar-refractivity contribution is 5.90. The summed E-state index contributed by atoms with van der Waals surface area (Å²) in [5.41, 5.74) is -0.863. The van der Waals surface area contributed by atoms with Crippen molar-refractivity contribution in [1.29, 1.82) is 0 Å². The second-order valence-electron chi connectivity index (χ2n) is 7.93. The van der Waals surface area contributed by atoms with Gasteiger partial charge in [-0.05, 0) is 44.4 Å². The number of aryl methyl sites for hydroxylation is 1. The van der Waals surface area contributed by atoms with Gasteiger partial charge in [-0.3, -0.25) is 9.20 Å². The van der Waals surface area contributed by atoms with Crippen molar-refractivity contribution < 1.29 is 19.0 Å². The Hall–Kier alpha value is -3.07. The van der Waals surface area contributed by atoms with Gasteiger partial charge >= 0.3 is 5.97 Å². The summed E-state index contributed by atoms with van der Waals surface area (Å²) in [6, 6.07) is 2.99. The van der Waals surface area contributed by atoms with Crippen molar-refractivity contribution in [2.45, 2.75) is 46.1 Å². The molecule has 160 valence electrons. The zero-order chi connectivity index (χ0) is 22.4. The number of carbonyl (C=O) groups excluding carboxylic acids is 1. The van der Waals surface area contributed by atoms with E-state index in [2.05, 4.69) is 10.1 Å². The van der Waals surface area contributed by atoms with Gasteiger partial charge in [0.2, 0.25) is 0 Å². The summed E-state index contributed by atoms with van der Waals surface area (Å²) < 4.78 is 22.5. The van der Waals surface area contributed by atoms with Crippen LogP contribution in [0.3, 0.4) is 0 Å². The van der Waals surface area contributed by atoms with Crippen molar-refractivity contribution >= 4 is 11.5 Å². The molecule has 0 aromatic carbocycles. The number of halogens is 1. The highest BCUT2D eigenvalue weighted by atomic mass is 19.1. The predicted molar refractivity (Wildman–Crippen MR) is 109 cm³/mol. The monoisotopic (exact) mass is 416 g/mol.